The Balaban J connectivity index is 1.42. The van der Waals surface area contributed by atoms with Crippen molar-refractivity contribution in [2.45, 2.75) is 55.3 Å². The van der Waals surface area contributed by atoms with Crippen LogP contribution in [0.4, 0.5) is 0 Å². The number of nitrogens with one attached hydrogen (secondary N) is 2. The second-order valence-electron chi connectivity index (χ2n) is 10.4. The highest BCUT2D eigenvalue weighted by atomic mass is 32.2. The van der Waals surface area contributed by atoms with Crippen molar-refractivity contribution in [3.8, 4) is 0 Å². The average Bonchev–Trinajstić information content (AvgIpc) is 3.44. The van der Waals surface area contributed by atoms with Gasteiger partial charge in [-0.1, -0.05) is 54.6 Å². The molecule has 4 aromatic rings. The Morgan fingerprint density at radius 3 is 2.32 bits per heavy atom. The van der Waals surface area contributed by atoms with Crippen molar-refractivity contribution >= 4 is 37.9 Å². The SMILES string of the molecule is CC(C)(C)N1C(=O)CC(c2ccc(C[C@H](NS(=O)(=O)c3ccccc3)c3nc4ccccc4[nH]3)cc2)S1=O. The number of benzene rings is 3. The number of aromatic nitrogens is 2. The molecule has 1 saturated heterocycles. The van der Waals surface area contributed by atoms with E-state index in [9.17, 15) is 17.4 Å². The van der Waals surface area contributed by atoms with Crippen LogP contribution in [0.2, 0.25) is 0 Å². The van der Waals surface area contributed by atoms with Crippen LogP contribution < -0.4 is 4.72 Å². The highest BCUT2D eigenvalue weighted by molar-refractivity contribution is 7.89. The van der Waals surface area contributed by atoms with Gasteiger partial charge in [0.1, 0.15) is 16.8 Å². The van der Waals surface area contributed by atoms with Gasteiger partial charge in [-0.15, -0.1) is 0 Å². The second kappa shape index (κ2) is 10.1. The molecule has 1 aliphatic heterocycles. The van der Waals surface area contributed by atoms with Gasteiger partial charge in [-0.05, 0) is 62.6 Å². The van der Waals surface area contributed by atoms with E-state index < -0.39 is 37.8 Å². The normalized spacial score (nSPS) is 19.2. The van der Waals surface area contributed by atoms with Gasteiger partial charge in [0.05, 0.1) is 27.2 Å². The molecule has 0 spiro atoms. The Hall–Kier alpha value is -3.34. The number of hydrogen-bond donors (Lipinski definition) is 2. The molecular formula is C28H30N4O4S2. The Morgan fingerprint density at radius 2 is 1.68 bits per heavy atom. The smallest absolute Gasteiger partial charge is 0.241 e. The van der Waals surface area contributed by atoms with E-state index in [0.29, 0.717) is 12.2 Å². The number of imidazole rings is 1. The number of hydrogen-bond acceptors (Lipinski definition) is 5. The molecule has 1 aromatic heterocycles. The molecule has 3 aromatic carbocycles. The Bertz CT molecular complexity index is 1560. The molecule has 10 heteroatoms. The van der Waals surface area contributed by atoms with Gasteiger partial charge in [0.25, 0.3) is 0 Å². The maximum absolute atomic E-state index is 13.2. The number of nitrogens with zero attached hydrogens (tertiary/aromatic N) is 2. The van der Waals surface area contributed by atoms with Crippen molar-refractivity contribution in [1.82, 2.24) is 19.0 Å². The van der Waals surface area contributed by atoms with Crippen molar-refractivity contribution < 1.29 is 17.4 Å². The fraction of sp³-hybridized carbons (Fsp3) is 0.286. The number of aromatic amines is 1. The molecule has 1 amide bonds. The van der Waals surface area contributed by atoms with Crippen molar-refractivity contribution in [2.24, 2.45) is 0 Å². The summed E-state index contributed by atoms with van der Waals surface area (Å²) >= 11 is 0. The zero-order valence-electron chi connectivity index (χ0n) is 21.4. The number of para-hydroxylation sites is 2. The third-order valence-corrected chi connectivity index (χ3v) is 10.0. The summed E-state index contributed by atoms with van der Waals surface area (Å²) in [6.45, 7) is 5.63. The molecule has 0 bridgehead atoms. The average molecular weight is 551 g/mol. The lowest BCUT2D eigenvalue weighted by Crippen LogP contribution is -2.42. The molecule has 1 fully saturated rings. The van der Waals surface area contributed by atoms with Gasteiger partial charge in [0, 0.05) is 12.0 Å². The first kappa shape index (κ1) is 26.3. The maximum atomic E-state index is 13.2. The maximum Gasteiger partial charge on any atom is 0.241 e. The van der Waals surface area contributed by atoms with Gasteiger partial charge in [-0.3, -0.25) is 9.10 Å². The van der Waals surface area contributed by atoms with Crippen LogP contribution in [0, 0.1) is 0 Å². The van der Waals surface area contributed by atoms with Crippen molar-refractivity contribution in [1.29, 1.82) is 0 Å². The number of carbonyl (C=O) groups excluding carboxylic acids is 1. The Kier molecular flexibility index (Phi) is 6.97. The lowest BCUT2D eigenvalue weighted by Gasteiger charge is -2.30. The number of fused-ring (bicyclic) bond motifs is 1. The molecule has 0 aliphatic carbocycles. The molecule has 5 rings (SSSR count). The number of sulfonamides is 1. The van der Waals surface area contributed by atoms with E-state index in [1.165, 1.54) is 4.31 Å². The van der Waals surface area contributed by atoms with Gasteiger partial charge in [-0.25, -0.2) is 22.3 Å². The molecule has 8 nitrogen and oxygen atoms in total. The second-order valence-corrected chi connectivity index (χ2v) is 13.6. The van der Waals surface area contributed by atoms with E-state index in [0.717, 1.165) is 22.2 Å². The lowest BCUT2D eigenvalue weighted by atomic mass is 10.0. The minimum Gasteiger partial charge on any atom is -0.341 e. The van der Waals surface area contributed by atoms with Crippen molar-refractivity contribution in [2.75, 3.05) is 0 Å². The predicted octanol–water partition coefficient (Wildman–Crippen LogP) is 4.56. The summed E-state index contributed by atoms with van der Waals surface area (Å²) in [4.78, 5) is 20.6. The van der Waals surface area contributed by atoms with E-state index in [1.807, 2.05) is 69.3 Å². The molecule has 3 atom stereocenters. The Labute approximate surface area is 225 Å². The molecule has 0 radical (unpaired) electrons. The number of amides is 1. The van der Waals surface area contributed by atoms with E-state index in [2.05, 4.69) is 14.7 Å². The topological polar surface area (TPSA) is 112 Å². The lowest BCUT2D eigenvalue weighted by molar-refractivity contribution is -0.127. The molecular weight excluding hydrogens is 520 g/mol. The molecule has 0 saturated carbocycles. The molecule has 198 valence electrons. The molecule has 1 aliphatic rings. The van der Waals surface area contributed by atoms with Gasteiger partial charge in [-0.2, -0.15) is 0 Å². The van der Waals surface area contributed by atoms with Crippen LogP contribution >= 0.6 is 0 Å². The molecule has 2 unspecified atom stereocenters. The summed E-state index contributed by atoms with van der Waals surface area (Å²) in [6.07, 6.45) is 0.536. The molecule has 2 heterocycles. The van der Waals surface area contributed by atoms with Crippen LogP contribution in [0.1, 0.15) is 55.4 Å². The van der Waals surface area contributed by atoms with E-state index in [1.54, 1.807) is 30.3 Å². The van der Waals surface area contributed by atoms with E-state index in [-0.39, 0.29) is 17.2 Å². The first-order valence-electron chi connectivity index (χ1n) is 12.4. The number of carbonyl (C=O) groups is 1. The van der Waals surface area contributed by atoms with Crippen molar-refractivity contribution in [3.05, 3.63) is 95.8 Å². The third kappa shape index (κ3) is 5.29. The number of H-pyrrole nitrogens is 1. The minimum atomic E-state index is -3.81. The van der Waals surface area contributed by atoms with E-state index >= 15 is 0 Å². The summed E-state index contributed by atoms with van der Waals surface area (Å²) in [5, 5.41) is -0.404. The largest absolute Gasteiger partial charge is 0.341 e. The highest BCUT2D eigenvalue weighted by Crippen LogP contribution is 2.37. The van der Waals surface area contributed by atoms with Crippen molar-refractivity contribution in [3.63, 3.8) is 0 Å². The molecule has 38 heavy (non-hydrogen) atoms. The fourth-order valence-corrected chi connectivity index (χ4v) is 7.68. The van der Waals surface area contributed by atoms with Crippen LogP contribution in [-0.4, -0.2) is 38.3 Å². The van der Waals surface area contributed by atoms with Crippen LogP contribution in [0.25, 0.3) is 11.0 Å². The quantitative estimate of drug-likeness (QED) is 0.350. The van der Waals surface area contributed by atoms with Crippen LogP contribution in [0.5, 0.6) is 0 Å². The highest BCUT2D eigenvalue weighted by Gasteiger charge is 2.43. The van der Waals surface area contributed by atoms with Gasteiger partial charge in [0.2, 0.25) is 15.9 Å². The zero-order valence-corrected chi connectivity index (χ0v) is 23.1. The minimum absolute atomic E-state index is 0.120. The summed E-state index contributed by atoms with van der Waals surface area (Å²) in [6, 6.07) is 22.7. The first-order chi connectivity index (χ1) is 18.0. The summed E-state index contributed by atoms with van der Waals surface area (Å²) in [5.41, 5.74) is 2.74. The van der Waals surface area contributed by atoms with Crippen LogP contribution in [-0.2, 0) is 32.2 Å². The van der Waals surface area contributed by atoms with Gasteiger partial charge >= 0.3 is 0 Å². The summed E-state index contributed by atoms with van der Waals surface area (Å²) in [5.74, 6) is 0.392. The number of rotatable bonds is 7. The Morgan fingerprint density at radius 1 is 1.03 bits per heavy atom. The summed E-state index contributed by atoms with van der Waals surface area (Å²) in [7, 11) is -5.28. The zero-order chi connectivity index (χ0) is 27.1. The first-order valence-corrected chi connectivity index (χ1v) is 15.0. The standard InChI is InChI=1S/C28H30N4O4S2/c1-28(2,3)32-26(33)18-25(37(32)34)20-15-13-19(14-16-20)17-24(27-29-22-11-7-8-12-23(22)30-27)31-38(35,36)21-9-5-4-6-10-21/h4-16,24-25,31H,17-18H2,1-3H3,(H,29,30)/t24-,25?,37?/m0/s1. The van der Waals surface area contributed by atoms with Gasteiger partial charge < -0.3 is 4.98 Å². The van der Waals surface area contributed by atoms with Crippen LogP contribution in [0.15, 0.2) is 83.8 Å². The fourth-order valence-electron chi connectivity index (χ4n) is 4.71. The van der Waals surface area contributed by atoms with Crippen LogP contribution in [0.3, 0.4) is 0 Å². The third-order valence-electron chi connectivity index (χ3n) is 6.50. The predicted molar refractivity (Wildman–Crippen MR) is 148 cm³/mol. The van der Waals surface area contributed by atoms with Gasteiger partial charge in [0.15, 0.2) is 0 Å². The molecule has 2 N–H and O–H groups in total. The van der Waals surface area contributed by atoms with E-state index in [4.69, 9.17) is 0 Å². The summed E-state index contributed by atoms with van der Waals surface area (Å²) < 4.78 is 43.8. The monoisotopic (exact) mass is 550 g/mol.